The van der Waals surface area contributed by atoms with Crippen molar-refractivity contribution in [1.29, 1.82) is 0 Å². The summed E-state index contributed by atoms with van der Waals surface area (Å²) in [5, 5.41) is 11.9. The molecule has 0 atom stereocenters. The molecule has 1 aliphatic rings. The smallest absolute Gasteiger partial charge is 0.324 e. The predicted molar refractivity (Wildman–Crippen MR) is 102 cm³/mol. The second-order valence-electron chi connectivity index (χ2n) is 6.04. The molecule has 7 nitrogen and oxygen atoms in total. The topological polar surface area (TPSA) is 79.6 Å². The molecule has 3 heterocycles. The van der Waals surface area contributed by atoms with E-state index in [9.17, 15) is 14.9 Å². The molecule has 0 unspecified atom stereocenters. The molecule has 1 aromatic carbocycles. The van der Waals surface area contributed by atoms with Crippen LogP contribution in [0.1, 0.15) is 14.7 Å². The molecule has 0 bridgehead atoms. The van der Waals surface area contributed by atoms with E-state index in [0.29, 0.717) is 18.0 Å². The minimum Gasteiger partial charge on any atom is -0.335 e. The fraction of sp³-hybridized carbons (Fsp3) is 0.294. The van der Waals surface area contributed by atoms with Gasteiger partial charge in [-0.05, 0) is 18.2 Å². The summed E-state index contributed by atoms with van der Waals surface area (Å²) < 4.78 is 1.19. The van der Waals surface area contributed by atoms with E-state index >= 15 is 0 Å². The van der Waals surface area contributed by atoms with Gasteiger partial charge in [0.15, 0.2) is 0 Å². The highest BCUT2D eigenvalue weighted by atomic mass is 32.1. The number of nitro groups is 1. The number of aromatic nitrogens is 1. The molecule has 134 valence electrons. The normalized spacial score (nSPS) is 15.5. The lowest BCUT2D eigenvalue weighted by Gasteiger charge is -2.34. The zero-order chi connectivity index (χ0) is 18.1. The highest BCUT2D eigenvalue weighted by Gasteiger charge is 2.25. The maximum Gasteiger partial charge on any atom is 0.324 e. The van der Waals surface area contributed by atoms with Crippen molar-refractivity contribution >= 4 is 43.8 Å². The molecule has 1 aliphatic heterocycles. The highest BCUT2D eigenvalue weighted by Crippen LogP contribution is 2.26. The number of thiazole rings is 1. The van der Waals surface area contributed by atoms with Crippen molar-refractivity contribution in [3.63, 3.8) is 0 Å². The molecule has 1 fully saturated rings. The van der Waals surface area contributed by atoms with Gasteiger partial charge in [-0.1, -0.05) is 23.5 Å². The number of amides is 1. The molecule has 4 rings (SSSR count). The van der Waals surface area contributed by atoms with Gasteiger partial charge in [-0.15, -0.1) is 11.3 Å². The Morgan fingerprint density at radius 3 is 2.58 bits per heavy atom. The zero-order valence-corrected chi connectivity index (χ0v) is 15.5. The Labute approximate surface area is 157 Å². The minimum absolute atomic E-state index is 0.00261. The van der Waals surface area contributed by atoms with Crippen LogP contribution in [0.25, 0.3) is 10.2 Å². The van der Waals surface area contributed by atoms with Gasteiger partial charge < -0.3 is 4.90 Å². The van der Waals surface area contributed by atoms with Gasteiger partial charge in [0.25, 0.3) is 5.91 Å². The van der Waals surface area contributed by atoms with Crippen LogP contribution in [0.4, 0.5) is 5.00 Å². The summed E-state index contributed by atoms with van der Waals surface area (Å²) in [4.78, 5) is 32.0. The first kappa shape index (κ1) is 17.1. The van der Waals surface area contributed by atoms with Crippen LogP contribution in [0.5, 0.6) is 0 Å². The van der Waals surface area contributed by atoms with Crippen LogP contribution in [0, 0.1) is 10.1 Å². The fourth-order valence-electron chi connectivity index (χ4n) is 2.98. The third-order valence-corrected chi connectivity index (χ3v) is 6.39. The third kappa shape index (κ3) is 3.46. The van der Waals surface area contributed by atoms with Gasteiger partial charge >= 0.3 is 5.00 Å². The van der Waals surface area contributed by atoms with Crippen LogP contribution >= 0.6 is 22.7 Å². The van der Waals surface area contributed by atoms with E-state index in [0.717, 1.165) is 41.5 Å². The minimum atomic E-state index is -0.461. The first-order chi connectivity index (χ1) is 12.6. The first-order valence-electron chi connectivity index (χ1n) is 8.20. The van der Waals surface area contributed by atoms with Crippen molar-refractivity contribution in [3.05, 3.63) is 56.4 Å². The number of hydrogen-bond donors (Lipinski definition) is 0. The van der Waals surface area contributed by atoms with Crippen molar-refractivity contribution in [3.8, 4) is 0 Å². The highest BCUT2D eigenvalue weighted by molar-refractivity contribution is 7.18. The summed E-state index contributed by atoms with van der Waals surface area (Å²) >= 11 is 2.64. The van der Waals surface area contributed by atoms with Crippen molar-refractivity contribution < 1.29 is 9.72 Å². The zero-order valence-electron chi connectivity index (χ0n) is 13.8. The number of carbonyl (C=O) groups excluding carboxylic acids is 1. The monoisotopic (exact) mass is 388 g/mol. The number of piperazine rings is 1. The Kier molecular flexibility index (Phi) is 4.66. The number of nitrogens with zero attached hydrogens (tertiary/aromatic N) is 4. The summed E-state index contributed by atoms with van der Waals surface area (Å²) in [6, 6.07) is 11.0. The van der Waals surface area contributed by atoms with Gasteiger partial charge in [0.05, 0.1) is 26.6 Å². The molecule has 26 heavy (non-hydrogen) atoms. The molecule has 0 aliphatic carbocycles. The Balaban J connectivity index is 1.35. The summed E-state index contributed by atoms with van der Waals surface area (Å²) in [6.45, 7) is 3.57. The maximum atomic E-state index is 12.5. The summed E-state index contributed by atoms with van der Waals surface area (Å²) in [5.74, 6) is -0.122. The number of benzene rings is 1. The quantitative estimate of drug-likeness (QED) is 0.506. The average molecular weight is 388 g/mol. The first-order valence-corrected chi connectivity index (χ1v) is 9.84. The molecular weight excluding hydrogens is 372 g/mol. The van der Waals surface area contributed by atoms with E-state index in [4.69, 9.17) is 0 Å². The van der Waals surface area contributed by atoms with E-state index in [1.54, 1.807) is 22.3 Å². The number of fused-ring (bicyclic) bond motifs is 1. The Morgan fingerprint density at radius 2 is 1.88 bits per heavy atom. The van der Waals surface area contributed by atoms with Crippen LogP contribution in [0.15, 0.2) is 36.4 Å². The van der Waals surface area contributed by atoms with Gasteiger partial charge in [0, 0.05) is 32.2 Å². The van der Waals surface area contributed by atoms with E-state index in [-0.39, 0.29) is 10.9 Å². The predicted octanol–water partition coefficient (Wildman–Crippen LogP) is 3.22. The number of carbonyl (C=O) groups is 1. The summed E-state index contributed by atoms with van der Waals surface area (Å²) in [7, 11) is 0. The van der Waals surface area contributed by atoms with E-state index < -0.39 is 4.92 Å². The third-order valence-electron chi connectivity index (χ3n) is 4.34. The van der Waals surface area contributed by atoms with E-state index in [1.807, 2.05) is 18.2 Å². The summed E-state index contributed by atoms with van der Waals surface area (Å²) in [6.07, 6.45) is 0. The van der Waals surface area contributed by atoms with Crippen molar-refractivity contribution in [1.82, 2.24) is 14.8 Å². The Hall–Kier alpha value is -2.36. The van der Waals surface area contributed by atoms with Crippen LogP contribution in [-0.4, -0.2) is 51.8 Å². The van der Waals surface area contributed by atoms with Crippen molar-refractivity contribution in [2.75, 3.05) is 26.2 Å². The van der Waals surface area contributed by atoms with Crippen LogP contribution in [0.3, 0.4) is 0 Å². The lowest BCUT2D eigenvalue weighted by molar-refractivity contribution is -0.380. The van der Waals surface area contributed by atoms with Crippen molar-refractivity contribution in [2.24, 2.45) is 0 Å². The lowest BCUT2D eigenvalue weighted by atomic mass is 10.3. The molecule has 1 saturated heterocycles. The summed E-state index contributed by atoms with van der Waals surface area (Å²) in [5.41, 5.74) is 1.03. The van der Waals surface area contributed by atoms with Gasteiger partial charge in [-0.3, -0.25) is 19.8 Å². The van der Waals surface area contributed by atoms with Crippen LogP contribution < -0.4 is 0 Å². The second kappa shape index (κ2) is 7.10. The van der Waals surface area contributed by atoms with Crippen LogP contribution in [-0.2, 0) is 6.54 Å². The number of rotatable bonds is 4. The van der Waals surface area contributed by atoms with E-state index in [1.165, 1.54) is 10.8 Å². The second-order valence-corrected chi connectivity index (χ2v) is 8.22. The SMILES string of the molecule is O=C(c1ccc([N+](=O)[O-])s1)N1CCN(Cc2nc3ccccc3s2)CC1. The van der Waals surface area contributed by atoms with Crippen LogP contribution in [0.2, 0.25) is 0 Å². The Bertz CT molecular complexity index is 927. The van der Waals surface area contributed by atoms with Gasteiger partial charge in [0.2, 0.25) is 0 Å². The number of para-hydroxylation sites is 1. The largest absolute Gasteiger partial charge is 0.335 e. The fourth-order valence-corrected chi connectivity index (χ4v) is 4.78. The average Bonchev–Trinajstić information content (AvgIpc) is 3.28. The molecule has 2 aromatic heterocycles. The molecular formula is C17H16N4O3S2. The number of hydrogen-bond acceptors (Lipinski definition) is 7. The maximum absolute atomic E-state index is 12.5. The van der Waals surface area contributed by atoms with E-state index in [2.05, 4.69) is 16.0 Å². The molecule has 0 spiro atoms. The molecule has 0 N–H and O–H groups in total. The molecule has 0 radical (unpaired) electrons. The number of thiophene rings is 1. The molecule has 1 amide bonds. The standard InChI is InChI=1S/C17H16N4O3S2/c22-17(14-5-6-16(26-14)21(23)24)20-9-7-19(8-10-20)11-15-18-12-3-1-2-4-13(12)25-15/h1-6H,7-11H2. The Morgan fingerprint density at radius 1 is 1.12 bits per heavy atom. The lowest BCUT2D eigenvalue weighted by Crippen LogP contribution is -2.48. The van der Waals surface area contributed by atoms with Gasteiger partial charge in [-0.2, -0.15) is 0 Å². The molecule has 9 heteroatoms. The molecule has 3 aromatic rings. The van der Waals surface area contributed by atoms with Gasteiger partial charge in [0.1, 0.15) is 5.01 Å². The molecule has 0 saturated carbocycles. The van der Waals surface area contributed by atoms with Crippen molar-refractivity contribution in [2.45, 2.75) is 6.54 Å². The van der Waals surface area contributed by atoms with Gasteiger partial charge in [-0.25, -0.2) is 4.98 Å².